The van der Waals surface area contributed by atoms with E-state index in [9.17, 15) is 9.59 Å². The number of amides is 1. The minimum atomic E-state index is -0.444. The number of nitrogens with zero attached hydrogens (tertiary/aromatic N) is 3. The van der Waals surface area contributed by atoms with E-state index >= 15 is 0 Å². The van der Waals surface area contributed by atoms with E-state index in [1.54, 1.807) is 31.2 Å². The number of rotatable bonds is 6. The normalized spacial score (nSPS) is 10.4. The van der Waals surface area contributed by atoms with Crippen LogP contribution in [0.5, 0.6) is 5.88 Å². The number of hydrogen-bond acceptors (Lipinski definition) is 8. The molecule has 3 rings (SSSR count). The van der Waals surface area contributed by atoms with Crippen molar-refractivity contribution in [1.29, 1.82) is 0 Å². The lowest BCUT2D eigenvalue weighted by Gasteiger charge is -2.07. The standard InChI is InChI=1S/C19H18N4O4S/c1-11-17(18(24)22-14-6-7-16(26-2)21-10-14)15(28-23-11)8-13-5-4-12(9-20-13)19(25)27-3/h4-7,9-10H,8H2,1-3H3,(H,22,24). The van der Waals surface area contributed by atoms with Gasteiger partial charge in [0.15, 0.2) is 0 Å². The third-order valence-corrected chi connectivity index (χ3v) is 4.89. The number of aryl methyl sites for hydroxylation is 1. The topological polar surface area (TPSA) is 103 Å². The van der Waals surface area contributed by atoms with Crippen LogP contribution in [0.3, 0.4) is 0 Å². The molecule has 0 aliphatic rings. The molecule has 3 aromatic rings. The molecule has 8 nitrogen and oxygen atoms in total. The van der Waals surface area contributed by atoms with Crippen molar-refractivity contribution < 1.29 is 19.1 Å². The van der Waals surface area contributed by atoms with Crippen LogP contribution in [0.1, 0.15) is 37.0 Å². The van der Waals surface area contributed by atoms with Gasteiger partial charge in [-0.2, -0.15) is 4.37 Å². The third-order valence-electron chi connectivity index (χ3n) is 3.95. The Morgan fingerprint density at radius 2 is 1.93 bits per heavy atom. The fraction of sp³-hybridized carbons (Fsp3) is 0.211. The van der Waals surface area contributed by atoms with Crippen LogP contribution >= 0.6 is 11.5 Å². The van der Waals surface area contributed by atoms with Gasteiger partial charge < -0.3 is 14.8 Å². The summed E-state index contributed by atoms with van der Waals surface area (Å²) < 4.78 is 14.0. The van der Waals surface area contributed by atoms with Crippen LogP contribution in [-0.4, -0.2) is 40.4 Å². The molecule has 0 saturated carbocycles. The Hall–Kier alpha value is -3.33. The van der Waals surface area contributed by atoms with Crippen LogP contribution < -0.4 is 10.1 Å². The first-order chi connectivity index (χ1) is 13.5. The van der Waals surface area contributed by atoms with E-state index in [1.807, 2.05) is 0 Å². The number of carbonyl (C=O) groups excluding carboxylic acids is 2. The molecule has 0 saturated heterocycles. The molecule has 28 heavy (non-hydrogen) atoms. The molecule has 3 aromatic heterocycles. The van der Waals surface area contributed by atoms with E-state index in [4.69, 9.17) is 4.74 Å². The maximum atomic E-state index is 12.8. The van der Waals surface area contributed by atoms with Gasteiger partial charge in [-0.1, -0.05) is 0 Å². The summed E-state index contributed by atoms with van der Waals surface area (Å²) >= 11 is 1.25. The first kappa shape index (κ1) is 19.4. The van der Waals surface area contributed by atoms with Crippen LogP contribution in [0.25, 0.3) is 0 Å². The second-order valence-electron chi connectivity index (χ2n) is 5.82. The predicted molar refractivity (Wildman–Crippen MR) is 104 cm³/mol. The highest BCUT2D eigenvalue weighted by Gasteiger charge is 2.19. The number of methoxy groups -OCH3 is 2. The van der Waals surface area contributed by atoms with Gasteiger partial charge in [0, 0.05) is 29.3 Å². The number of ether oxygens (including phenoxy) is 2. The van der Waals surface area contributed by atoms with E-state index in [2.05, 4.69) is 24.4 Å². The quantitative estimate of drug-likeness (QED) is 0.637. The van der Waals surface area contributed by atoms with Crippen molar-refractivity contribution in [3.8, 4) is 5.88 Å². The second kappa shape index (κ2) is 8.57. The highest BCUT2D eigenvalue weighted by atomic mass is 32.1. The smallest absolute Gasteiger partial charge is 0.339 e. The van der Waals surface area contributed by atoms with Gasteiger partial charge in [-0.05, 0) is 36.7 Å². The Morgan fingerprint density at radius 1 is 1.11 bits per heavy atom. The monoisotopic (exact) mass is 398 g/mol. The molecular weight excluding hydrogens is 380 g/mol. The molecule has 0 unspecified atom stereocenters. The highest BCUT2D eigenvalue weighted by Crippen LogP contribution is 2.23. The highest BCUT2D eigenvalue weighted by molar-refractivity contribution is 7.06. The Bertz CT molecular complexity index is 984. The summed E-state index contributed by atoms with van der Waals surface area (Å²) in [5.74, 6) is -0.242. The van der Waals surface area contributed by atoms with Crippen LogP contribution in [0, 0.1) is 6.92 Å². The number of nitrogens with one attached hydrogen (secondary N) is 1. The second-order valence-corrected chi connectivity index (χ2v) is 6.67. The van der Waals surface area contributed by atoms with Gasteiger partial charge in [-0.15, -0.1) is 0 Å². The lowest BCUT2D eigenvalue weighted by atomic mass is 10.1. The zero-order valence-electron chi connectivity index (χ0n) is 15.6. The van der Waals surface area contributed by atoms with Crippen molar-refractivity contribution in [1.82, 2.24) is 14.3 Å². The molecule has 3 heterocycles. The van der Waals surface area contributed by atoms with Crippen molar-refractivity contribution in [2.45, 2.75) is 13.3 Å². The number of esters is 1. The number of carbonyl (C=O) groups is 2. The molecule has 9 heteroatoms. The maximum absolute atomic E-state index is 12.8. The van der Waals surface area contributed by atoms with Gasteiger partial charge in [0.2, 0.25) is 5.88 Å². The van der Waals surface area contributed by atoms with E-state index in [1.165, 1.54) is 38.1 Å². The number of pyridine rings is 2. The minimum Gasteiger partial charge on any atom is -0.481 e. The van der Waals surface area contributed by atoms with E-state index in [0.29, 0.717) is 34.8 Å². The van der Waals surface area contributed by atoms with Gasteiger partial charge in [-0.3, -0.25) is 9.78 Å². The summed E-state index contributed by atoms with van der Waals surface area (Å²) in [7, 11) is 2.85. The van der Waals surface area contributed by atoms with E-state index in [-0.39, 0.29) is 5.91 Å². The van der Waals surface area contributed by atoms with E-state index in [0.717, 1.165) is 10.6 Å². The maximum Gasteiger partial charge on any atom is 0.339 e. The third kappa shape index (κ3) is 4.32. The molecule has 0 radical (unpaired) electrons. The van der Waals surface area contributed by atoms with Crippen molar-refractivity contribution in [3.05, 3.63) is 64.1 Å². The zero-order valence-corrected chi connectivity index (χ0v) is 16.4. The first-order valence-electron chi connectivity index (χ1n) is 8.31. The van der Waals surface area contributed by atoms with Crippen LogP contribution in [0.15, 0.2) is 36.7 Å². The lowest BCUT2D eigenvalue weighted by Crippen LogP contribution is -2.14. The molecule has 0 spiro atoms. The summed E-state index contributed by atoms with van der Waals surface area (Å²) in [4.78, 5) is 33.4. The van der Waals surface area contributed by atoms with Crippen molar-refractivity contribution in [3.63, 3.8) is 0 Å². The molecule has 1 amide bonds. The average molecular weight is 398 g/mol. The molecule has 0 aliphatic heterocycles. The minimum absolute atomic E-state index is 0.264. The fourth-order valence-electron chi connectivity index (χ4n) is 2.53. The van der Waals surface area contributed by atoms with Gasteiger partial charge in [-0.25, -0.2) is 9.78 Å². The molecule has 144 valence electrons. The Labute approximate surface area is 165 Å². The Kier molecular flexibility index (Phi) is 5.95. The van der Waals surface area contributed by atoms with Crippen LogP contribution in [0.2, 0.25) is 0 Å². The summed E-state index contributed by atoms with van der Waals surface area (Å²) in [6.45, 7) is 1.79. The Morgan fingerprint density at radius 3 is 2.54 bits per heavy atom. The van der Waals surface area contributed by atoms with Crippen LogP contribution in [0.4, 0.5) is 5.69 Å². The predicted octanol–water partition coefficient (Wildman–Crippen LogP) is 2.88. The number of aromatic nitrogens is 3. The van der Waals surface area contributed by atoms with Crippen LogP contribution in [-0.2, 0) is 11.2 Å². The van der Waals surface area contributed by atoms with Gasteiger partial charge in [0.25, 0.3) is 5.91 Å². The van der Waals surface area contributed by atoms with E-state index < -0.39 is 5.97 Å². The average Bonchev–Trinajstić information content (AvgIpc) is 3.08. The fourth-order valence-corrected chi connectivity index (χ4v) is 3.41. The van der Waals surface area contributed by atoms with Crippen molar-refractivity contribution >= 4 is 29.1 Å². The number of anilines is 1. The molecule has 0 aromatic carbocycles. The summed E-state index contributed by atoms with van der Waals surface area (Å²) in [5, 5.41) is 2.82. The molecule has 0 atom stereocenters. The molecule has 0 aliphatic carbocycles. The SMILES string of the molecule is COC(=O)c1ccc(Cc2snc(C)c2C(=O)Nc2ccc(OC)nc2)nc1. The lowest BCUT2D eigenvalue weighted by molar-refractivity contribution is 0.0600. The Balaban J connectivity index is 1.77. The number of hydrogen-bond donors (Lipinski definition) is 1. The van der Waals surface area contributed by atoms with Crippen molar-refractivity contribution in [2.75, 3.05) is 19.5 Å². The first-order valence-corrected chi connectivity index (χ1v) is 9.09. The van der Waals surface area contributed by atoms with Gasteiger partial charge in [0.05, 0.1) is 42.9 Å². The molecule has 0 bridgehead atoms. The van der Waals surface area contributed by atoms with Gasteiger partial charge >= 0.3 is 5.97 Å². The molecular formula is C19H18N4O4S. The largest absolute Gasteiger partial charge is 0.481 e. The summed E-state index contributed by atoms with van der Waals surface area (Å²) in [6.07, 6.45) is 3.41. The zero-order chi connectivity index (χ0) is 20.1. The molecule has 1 N–H and O–H groups in total. The molecule has 0 fully saturated rings. The summed E-state index contributed by atoms with van der Waals surface area (Å²) in [6, 6.07) is 6.76. The van der Waals surface area contributed by atoms with Gasteiger partial charge in [0.1, 0.15) is 0 Å². The summed E-state index contributed by atoms with van der Waals surface area (Å²) in [5.41, 5.74) is 2.81. The van der Waals surface area contributed by atoms with Crippen molar-refractivity contribution in [2.24, 2.45) is 0 Å².